The molecule has 0 saturated heterocycles. The van der Waals surface area contributed by atoms with E-state index in [0.29, 0.717) is 6.54 Å². The average molecular weight is 195 g/mol. The van der Waals surface area contributed by atoms with E-state index in [9.17, 15) is 0 Å². The van der Waals surface area contributed by atoms with Gasteiger partial charge in [0, 0.05) is 18.5 Å². The number of rotatable bonds is 3. The molecule has 0 atom stereocenters. The first kappa shape index (κ1) is 10.2. The van der Waals surface area contributed by atoms with Gasteiger partial charge in [-0.05, 0) is 13.0 Å². The van der Waals surface area contributed by atoms with Gasteiger partial charge in [0.15, 0.2) is 0 Å². The van der Waals surface area contributed by atoms with Crippen LogP contribution < -0.4 is 5.73 Å². The predicted molar refractivity (Wildman–Crippen MR) is 55.5 cm³/mol. The summed E-state index contributed by atoms with van der Waals surface area (Å²) >= 11 is 1.56. The molecule has 3 nitrogen and oxygen atoms in total. The standard InChI is InChI=1S/C9H13N3S/c1-12(6-4-10)5-2-3-9-7-13-8-11-9/h7-8H,4-6,10H2,1H3. The Morgan fingerprint density at radius 3 is 3.15 bits per heavy atom. The Bertz CT molecular complexity index is 284. The summed E-state index contributed by atoms with van der Waals surface area (Å²) in [7, 11) is 2.00. The molecule has 0 aliphatic heterocycles. The molecule has 0 fully saturated rings. The Hall–Kier alpha value is -0.890. The number of hydrogen-bond donors (Lipinski definition) is 1. The number of aromatic nitrogens is 1. The van der Waals surface area contributed by atoms with Crippen LogP contribution >= 0.6 is 11.3 Å². The third kappa shape index (κ3) is 4.04. The molecule has 1 aromatic rings. The normalized spacial score (nSPS) is 9.77. The maximum atomic E-state index is 5.40. The molecule has 0 unspecified atom stereocenters. The minimum Gasteiger partial charge on any atom is -0.329 e. The van der Waals surface area contributed by atoms with Gasteiger partial charge in [-0.1, -0.05) is 5.92 Å². The summed E-state index contributed by atoms with van der Waals surface area (Å²) in [5.41, 5.74) is 8.03. The summed E-state index contributed by atoms with van der Waals surface area (Å²) in [5.74, 6) is 6.02. The molecule has 1 rings (SSSR count). The number of thiazole rings is 1. The first-order valence-electron chi connectivity index (χ1n) is 4.08. The van der Waals surface area contributed by atoms with Crippen molar-refractivity contribution < 1.29 is 0 Å². The lowest BCUT2D eigenvalue weighted by atomic mass is 10.4. The second-order valence-corrected chi connectivity index (χ2v) is 3.42. The van der Waals surface area contributed by atoms with Crippen LogP contribution in [0, 0.1) is 11.8 Å². The zero-order valence-electron chi connectivity index (χ0n) is 7.66. The van der Waals surface area contributed by atoms with E-state index >= 15 is 0 Å². The molecule has 1 heterocycles. The number of likely N-dealkylation sites (N-methyl/N-ethyl adjacent to an activating group) is 1. The number of nitrogens with zero attached hydrogens (tertiary/aromatic N) is 2. The Morgan fingerprint density at radius 1 is 1.69 bits per heavy atom. The molecule has 0 saturated carbocycles. The van der Waals surface area contributed by atoms with Crippen molar-refractivity contribution in [1.82, 2.24) is 9.88 Å². The fourth-order valence-electron chi connectivity index (χ4n) is 0.839. The zero-order valence-corrected chi connectivity index (χ0v) is 8.47. The highest BCUT2D eigenvalue weighted by Crippen LogP contribution is 1.97. The van der Waals surface area contributed by atoms with Gasteiger partial charge in [-0.25, -0.2) is 4.98 Å². The minimum absolute atomic E-state index is 0.675. The molecule has 0 aliphatic carbocycles. The predicted octanol–water partition coefficient (Wildman–Crippen LogP) is 0.385. The molecule has 0 bridgehead atoms. The molecule has 2 N–H and O–H groups in total. The molecule has 13 heavy (non-hydrogen) atoms. The second-order valence-electron chi connectivity index (χ2n) is 2.70. The van der Waals surface area contributed by atoms with E-state index in [1.54, 1.807) is 16.8 Å². The van der Waals surface area contributed by atoms with Crippen LogP contribution in [0.25, 0.3) is 0 Å². The van der Waals surface area contributed by atoms with Crippen molar-refractivity contribution >= 4 is 11.3 Å². The van der Waals surface area contributed by atoms with Crippen molar-refractivity contribution in [1.29, 1.82) is 0 Å². The third-order valence-electron chi connectivity index (χ3n) is 1.51. The Morgan fingerprint density at radius 2 is 2.54 bits per heavy atom. The average Bonchev–Trinajstić information content (AvgIpc) is 2.57. The smallest absolute Gasteiger partial charge is 0.124 e. The van der Waals surface area contributed by atoms with Crippen LogP contribution in [0.15, 0.2) is 10.9 Å². The molecular weight excluding hydrogens is 182 g/mol. The van der Waals surface area contributed by atoms with Crippen LogP contribution in [0.3, 0.4) is 0 Å². The molecule has 0 radical (unpaired) electrons. The Kier molecular flexibility index (Phi) is 4.47. The second kappa shape index (κ2) is 5.70. The lowest BCUT2D eigenvalue weighted by Gasteiger charge is -2.09. The van der Waals surface area contributed by atoms with Crippen molar-refractivity contribution in [2.75, 3.05) is 26.7 Å². The fourth-order valence-corrected chi connectivity index (χ4v) is 1.32. The van der Waals surface area contributed by atoms with Gasteiger partial charge in [0.05, 0.1) is 12.1 Å². The van der Waals surface area contributed by atoms with E-state index in [2.05, 4.69) is 21.7 Å². The number of hydrogen-bond acceptors (Lipinski definition) is 4. The van der Waals surface area contributed by atoms with Gasteiger partial charge in [-0.15, -0.1) is 11.3 Å². The molecule has 1 aromatic heterocycles. The van der Waals surface area contributed by atoms with Gasteiger partial charge in [0.2, 0.25) is 0 Å². The van der Waals surface area contributed by atoms with E-state index in [1.807, 2.05) is 12.4 Å². The van der Waals surface area contributed by atoms with Crippen LogP contribution in [0.4, 0.5) is 0 Å². The Labute approximate surface area is 82.6 Å². The molecule has 0 aromatic carbocycles. The summed E-state index contributed by atoms with van der Waals surface area (Å²) in [4.78, 5) is 6.14. The van der Waals surface area contributed by atoms with Gasteiger partial charge < -0.3 is 5.73 Å². The lowest BCUT2D eigenvalue weighted by Crippen LogP contribution is -2.25. The van der Waals surface area contributed by atoms with Crippen LogP contribution in [0.1, 0.15) is 5.69 Å². The monoisotopic (exact) mass is 195 g/mol. The van der Waals surface area contributed by atoms with Gasteiger partial charge in [-0.3, -0.25) is 4.90 Å². The topological polar surface area (TPSA) is 42.2 Å². The minimum atomic E-state index is 0.675. The lowest BCUT2D eigenvalue weighted by molar-refractivity contribution is 0.386. The highest BCUT2D eigenvalue weighted by Gasteiger charge is 1.91. The highest BCUT2D eigenvalue weighted by molar-refractivity contribution is 7.07. The molecule has 4 heteroatoms. The highest BCUT2D eigenvalue weighted by atomic mass is 32.1. The summed E-state index contributed by atoms with van der Waals surface area (Å²) in [5, 5.41) is 1.94. The van der Waals surface area contributed by atoms with E-state index in [4.69, 9.17) is 5.73 Å². The van der Waals surface area contributed by atoms with Crippen LogP contribution in [0.2, 0.25) is 0 Å². The van der Waals surface area contributed by atoms with Crippen molar-refractivity contribution in [3.63, 3.8) is 0 Å². The van der Waals surface area contributed by atoms with Crippen LogP contribution in [-0.2, 0) is 0 Å². The van der Waals surface area contributed by atoms with Gasteiger partial charge in [0.1, 0.15) is 5.69 Å². The summed E-state index contributed by atoms with van der Waals surface area (Å²) in [6, 6.07) is 0. The van der Waals surface area contributed by atoms with E-state index in [1.165, 1.54) is 0 Å². The SMILES string of the molecule is CN(CC#Cc1cscn1)CCN. The van der Waals surface area contributed by atoms with Gasteiger partial charge >= 0.3 is 0 Å². The van der Waals surface area contributed by atoms with E-state index < -0.39 is 0 Å². The van der Waals surface area contributed by atoms with Crippen molar-refractivity contribution in [3.05, 3.63) is 16.6 Å². The summed E-state index contributed by atoms with van der Waals surface area (Å²) in [6.07, 6.45) is 0. The van der Waals surface area contributed by atoms with E-state index in [0.717, 1.165) is 18.8 Å². The van der Waals surface area contributed by atoms with Crippen molar-refractivity contribution in [2.45, 2.75) is 0 Å². The molecule has 70 valence electrons. The van der Waals surface area contributed by atoms with Crippen LogP contribution in [-0.4, -0.2) is 36.6 Å². The maximum Gasteiger partial charge on any atom is 0.124 e. The van der Waals surface area contributed by atoms with Crippen LogP contribution in [0.5, 0.6) is 0 Å². The van der Waals surface area contributed by atoms with Gasteiger partial charge in [-0.2, -0.15) is 0 Å². The first-order valence-corrected chi connectivity index (χ1v) is 5.03. The molecule has 0 spiro atoms. The molecule has 0 aliphatic rings. The van der Waals surface area contributed by atoms with Gasteiger partial charge in [0.25, 0.3) is 0 Å². The quantitative estimate of drug-likeness (QED) is 0.709. The third-order valence-corrected chi connectivity index (χ3v) is 2.10. The Balaban J connectivity index is 2.32. The first-order chi connectivity index (χ1) is 6.33. The molecule has 0 amide bonds. The number of nitrogens with two attached hydrogens (primary N) is 1. The van der Waals surface area contributed by atoms with Crippen molar-refractivity contribution in [3.8, 4) is 11.8 Å². The largest absolute Gasteiger partial charge is 0.329 e. The summed E-state index contributed by atoms with van der Waals surface area (Å²) < 4.78 is 0. The molecular formula is C9H13N3S. The summed E-state index contributed by atoms with van der Waals surface area (Å²) in [6.45, 7) is 2.30. The fraction of sp³-hybridized carbons (Fsp3) is 0.444. The zero-order chi connectivity index (χ0) is 9.52. The maximum absolute atomic E-state index is 5.40. The van der Waals surface area contributed by atoms with Crippen molar-refractivity contribution in [2.24, 2.45) is 5.73 Å². The van der Waals surface area contributed by atoms with E-state index in [-0.39, 0.29) is 0 Å².